The fourth-order valence-corrected chi connectivity index (χ4v) is 3.07. The molecule has 0 heterocycles. The molecule has 0 aromatic heterocycles. The van der Waals surface area contributed by atoms with Gasteiger partial charge in [0.05, 0.1) is 5.60 Å². The lowest BCUT2D eigenvalue weighted by molar-refractivity contribution is -0.00940. The summed E-state index contributed by atoms with van der Waals surface area (Å²) in [6.45, 7) is 6.03. The van der Waals surface area contributed by atoms with Crippen LogP contribution in [0.2, 0.25) is 5.02 Å². The summed E-state index contributed by atoms with van der Waals surface area (Å²) < 4.78 is 0.932. The Morgan fingerprint density at radius 1 is 1.38 bits per heavy atom. The van der Waals surface area contributed by atoms with Crippen molar-refractivity contribution < 1.29 is 5.11 Å². The Balaban J connectivity index is 3.15. The van der Waals surface area contributed by atoms with Gasteiger partial charge in [0, 0.05) is 15.1 Å². The molecule has 0 amide bonds. The SMILES string of the molecule is CCC(CC)C(C)(O)c1ccc(Br)cc1Cl. The summed E-state index contributed by atoms with van der Waals surface area (Å²) in [5, 5.41) is 11.2. The van der Waals surface area contributed by atoms with Crippen LogP contribution in [0.5, 0.6) is 0 Å². The van der Waals surface area contributed by atoms with Gasteiger partial charge in [0.1, 0.15) is 0 Å². The second-order valence-corrected chi connectivity index (χ2v) is 5.61. The summed E-state index contributed by atoms with van der Waals surface area (Å²) in [7, 11) is 0. The van der Waals surface area contributed by atoms with Crippen molar-refractivity contribution in [3.63, 3.8) is 0 Å². The van der Waals surface area contributed by atoms with Crippen molar-refractivity contribution in [2.75, 3.05) is 0 Å². The van der Waals surface area contributed by atoms with Crippen LogP contribution in [-0.2, 0) is 5.60 Å². The molecule has 0 saturated carbocycles. The number of hydrogen-bond acceptors (Lipinski definition) is 1. The summed E-state index contributed by atoms with van der Waals surface area (Å²) in [4.78, 5) is 0. The van der Waals surface area contributed by atoms with Gasteiger partial charge < -0.3 is 5.11 Å². The normalized spacial score (nSPS) is 15.2. The van der Waals surface area contributed by atoms with Crippen molar-refractivity contribution in [1.29, 1.82) is 0 Å². The second-order valence-electron chi connectivity index (χ2n) is 4.29. The van der Waals surface area contributed by atoms with Gasteiger partial charge in [0.25, 0.3) is 0 Å². The highest BCUT2D eigenvalue weighted by atomic mass is 79.9. The van der Waals surface area contributed by atoms with Crippen molar-refractivity contribution in [3.8, 4) is 0 Å². The van der Waals surface area contributed by atoms with Crippen LogP contribution in [0.3, 0.4) is 0 Å². The molecule has 1 N–H and O–H groups in total. The Morgan fingerprint density at radius 3 is 2.38 bits per heavy atom. The molecule has 1 rings (SSSR count). The lowest BCUT2D eigenvalue weighted by Crippen LogP contribution is -2.31. The third-order valence-corrected chi connectivity index (χ3v) is 4.06. The first kappa shape index (κ1) is 14.0. The smallest absolute Gasteiger partial charge is 0.0910 e. The van der Waals surface area contributed by atoms with Crippen LogP contribution in [0.25, 0.3) is 0 Å². The monoisotopic (exact) mass is 304 g/mol. The predicted octanol–water partition coefficient (Wildman–Crippen LogP) is 4.75. The zero-order chi connectivity index (χ0) is 12.3. The molecule has 90 valence electrons. The molecule has 0 bridgehead atoms. The first-order valence-electron chi connectivity index (χ1n) is 5.61. The van der Waals surface area contributed by atoms with Crippen LogP contribution >= 0.6 is 27.5 Å². The van der Waals surface area contributed by atoms with Crippen LogP contribution in [-0.4, -0.2) is 5.11 Å². The van der Waals surface area contributed by atoms with Crippen molar-refractivity contribution >= 4 is 27.5 Å². The van der Waals surface area contributed by atoms with Crippen molar-refractivity contribution in [2.45, 2.75) is 39.2 Å². The first-order valence-corrected chi connectivity index (χ1v) is 6.78. The molecule has 3 heteroatoms. The van der Waals surface area contributed by atoms with Crippen molar-refractivity contribution in [3.05, 3.63) is 33.3 Å². The number of aliphatic hydroxyl groups is 1. The Kier molecular flexibility index (Phi) is 4.84. The highest BCUT2D eigenvalue weighted by Crippen LogP contribution is 2.38. The largest absolute Gasteiger partial charge is 0.385 e. The average Bonchev–Trinajstić information content (AvgIpc) is 2.18. The summed E-state index contributed by atoms with van der Waals surface area (Å²) >= 11 is 9.55. The quantitative estimate of drug-likeness (QED) is 0.851. The molecule has 0 radical (unpaired) electrons. The van der Waals surface area contributed by atoms with Crippen LogP contribution < -0.4 is 0 Å². The van der Waals surface area contributed by atoms with E-state index in [-0.39, 0.29) is 5.92 Å². The maximum atomic E-state index is 10.6. The zero-order valence-corrected chi connectivity index (χ0v) is 12.3. The Hall–Kier alpha value is -0.0500. The summed E-state index contributed by atoms with van der Waals surface area (Å²) in [5.74, 6) is 0.228. The maximum Gasteiger partial charge on any atom is 0.0910 e. The van der Waals surface area contributed by atoms with E-state index in [0.717, 1.165) is 22.9 Å². The molecule has 1 atom stereocenters. The van der Waals surface area contributed by atoms with Gasteiger partial charge in [0.15, 0.2) is 0 Å². The third kappa shape index (κ3) is 2.79. The van der Waals surface area contributed by atoms with E-state index in [1.54, 1.807) is 0 Å². The highest BCUT2D eigenvalue weighted by molar-refractivity contribution is 9.10. The average molecular weight is 306 g/mol. The fraction of sp³-hybridized carbons (Fsp3) is 0.538. The van der Waals surface area contributed by atoms with E-state index in [1.165, 1.54) is 0 Å². The van der Waals surface area contributed by atoms with Gasteiger partial charge in [-0.05, 0) is 25.0 Å². The number of hydrogen-bond donors (Lipinski definition) is 1. The third-order valence-electron chi connectivity index (χ3n) is 3.26. The lowest BCUT2D eigenvalue weighted by Gasteiger charge is -2.33. The molecule has 1 aromatic rings. The van der Waals surface area contributed by atoms with Crippen LogP contribution in [0.15, 0.2) is 22.7 Å². The fourth-order valence-electron chi connectivity index (χ4n) is 2.20. The Labute approximate surface area is 111 Å². The minimum absolute atomic E-state index is 0.228. The maximum absolute atomic E-state index is 10.6. The van der Waals surface area contributed by atoms with Gasteiger partial charge in [-0.2, -0.15) is 0 Å². The Bertz CT molecular complexity index is 359. The van der Waals surface area contributed by atoms with Gasteiger partial charge in [-0.15, -0.1) is 0 Å². The highest BCUT2D eigenvalue weighted by Gasteiger charge is 2.32. The molecule has 0 spiro atoms. The second kappa shape index (κ2) is 5.52. The van der Waals surface area contributed by atoms with Crippen LogP contribution in [0.1, 0.15) is 39.2 Å². The van der Waals surface area contributed by atoms with Crippen molar-refractivity contribution in [1.82, 2.24) is 0 Å². The molecular weight excluding hydrogens is 287 g/mol. The van der Waals surface area contributed by atoms with E-state index in [0.29, 0.717) is 5.02 Å². The van der Waals surface area contributed by atoms with E-state index < -0.39 is 5.60 Å². The summed E-state index contributed by atoms with van der Waals surface area (Å²) in [6, 6.07) is 5.64. The van der Waals surface area contributed by atoms with Crippen LogP contribution in [0.4, 0.5) is 0 Å². The number of benzene rings is 1. The number of rotatable bonds is 4. The van der Waals surface area contributed by atoms with Gasteiger partial charge in [0.2, 0.25) is 0 Å². The zero-order valence-electron chi connectivity index (χ0n) is 9.93. The topological polar surface area (TPSA) is 20.2 Å². The summed E-state index contributed by atoms with van der Waals surface area (Å²) in [5.41, 5.74) is -0.0487. The minimum Gasteiger partial charge on any atom is -0.385 e. The molecule has 0 saturated heterocycles. The minimum atomic E-state index is -0.860. The first-order chi connectivity index (χ1) is 7.43. The van der Waals surface area contributed by atoms with E-state index in [4.69, 9.17) is 11.6 Å². The van der Waals surface area contributed by atoms with E-state index >= 15 is 0 Å². The molecule has 0 fully saturated rings. The van der Waals surface area contributed by atoms with Crippen LogP contribution in [0, 0.1) is 5.92 Å². The van der Waals surface area contributed by atoms with Gasteiger partial charge in [-0.1, -0.05) is 60.3 Å². The van der Waals surface area contributed by atoms with E-state index in [2.05, 4.69) is 29.8 Å². The molecule has 1 nitrogen and oxygen atoms in total. The van der Waals surface area contributed by atoms with E-state index in [9.17, 15) is 5.11 Å². The molecule has 16 heavy (non-hydrogen) atoms. The molecule has 1 unspecified atom stereocenters. The standard InChI is InChI=1S/C13H18BrClO/c1-4-9(5-2)13(3,16)11-7-6-10(14)8-12(11)15/h6-9,16H,4-5H2,1-3H3. The van der Waals surface area contributed by atoms with Crippen molar-refractivity contribution in [2.24, 2.45) is 5.92 Å². The van der Waals surface area contributed by atoms with Gasteiger partial charge in [-0.25, -0.2) is 0 Å². The molecule has 0 aliphatic rings. The molecule has 1 aromatic carbocycles. The molecule has 0 aliphatic heterocycles. The molecule has 0 aliphatic carbocycles. The molecular formula is C13H18BrClO. The van der Waals surface area contributed by atoms with Gasteiger partial charge in [-0.3, -0.25) is 0 Å². The number of halogens is 2. The van der Waals surface area contributed by atoms with Gasteiger partial charge >= 0.3 is 0 Å². The predicted molar refractivity (Wildman–Crippen MR) is 72.8 cm³/mol. The van der Waals surface area contributed by atoms with E-state index in [1.807, 2.05) is 25.1 Å². The summed E-state index contributed by atoms with van der Waals surface area (Å²) in [6.07, 6.45) is 1.88. The lowest BCUT2D eigenvalue weighted by atomic mass is 9.80. The Morgan fingerprint density at radius 2 is 1.94 bits per heavy atom.